The molecule has 0 rings (SSSR count). The highest BCUT2D eigenvalue weighted by atomic mass is 16.6. The third-order valence-corrected chi connectivity index (χ3v) is 1.27. The van der Waals surface area contributed by atoms with Crippen molar-refractivity contribution in [2.24, 2.45) is 0 Å². The van der Waals surface area contributed by atoms with E-state index >= 15 is 0 Å². The Kier molecular flexibility index (Phi) is 5.08. The molecule has 4 nitrogen and oxygen atoms in total. The van der Waals surface area contributed by atoms with Crippen LogP contribution >= 0.6 is 0 Å². The number of amides is 1. The molecule has 12 heavy (non-hydrogen) atoms. The molecule has 0 unspecified atom stereocenters. The van der Waals surface area contributed by atoms with E-state index in [2.05, 4.69) is 4.74 Å². The van der Waals surface area contributed by atoms with Gasteiger partial charge in [0.2, 0.25) is 0 Å². The fourth-order valence-corrected chi connectivity index (χ4v) is 0.700. The van der Waals surface area contributed by atoms with Crippen LogP contribution in [0.15, 0.2) is 0 Å². The molecular weight excluding hydrogens is 158 g/mol. The van der Waals surface area contributed by atoms with Gasteiger partial charge in [0.1, 0.15) is 0 Å². The zero-order chi connectivity index (χ0) is 9.56. The van der Waals surface area contributed by atoms with Crippen LogP contribution in [0.4, 0.5) is 4.79 Å². The number of nitrogens with zero attached hydrogens (tertiary/aromatic N) is 1. The average Bonchev–Trinajstić information content (AvgIpc) is 2.00. The first-order valence-electron chi connectivity index (χ1n) is 3.95. The van der Waals surface area contributed by atoms with E-state index in [1.165, 1.54) is 11.8 Å². The van der Waals surface area contributed by atoms with Gasteiger partial charge in [-0.25, -0.2) is 4.79 Å². The number of carbonyl (C=O) groups is 2. The van der Waals surface area contributed by atoms with Crippen molar-refractivity contribution < 1.29 is 14.3 Å². The molecule has 0 fully saturated rings. The van der Waals surface area contributed by atoms with E-state index in [0.29, 0.717) is 6.54 Å². The van der Waals surface area contributed by atoms with E-state index in [4.69, 9.17) is 0 Å². The summed E-state index contributed by atoms with van der Waals surface area (Å²) in [5.41, 5.74) is 0. The highest BCUT2D eigenvalue weighted by molar-refractivity contribution is 5.79. The van der Waals surface area contributed by atoms with Gasteiger partial charge in [0.05, 0.1) is 0 Å². The monoisotopic (exact) mass is 173 g/mol. The summed E-state index contributed by atoms with van der Waals surface area (Å²) in [6.07, 6.45) is 0.443. The highest BCUT2D eigenvalue weighted by Crippen LogP contribution is 1.91. The van der Waals surface area contributed by atoms with Gasteiger partial charge in [-0.2, -0.15) is 0 Å². The van der Waals surface area contributed by atoms with E-state index in [0.717, 1.165) is 6.42 Å². The summed E-state index contributed by atoms with van der Waals surface area (Å²) in [7, 11) is 1.64. The van der Waals surface area contributed by atoms with Crippen molar-refractivity contribution in [3.63, 3.8) is 0 Å². The molecule has 0 aromatic heterocycles. The lowest BCUT2D eigenvalue weighted by Crippen LogP contribution is -2.29. The Morgan fingerprint density at radius 2 is 2.00 bits per heavy atom. The van der Waals surface area contributed by atoms with Crippen molar-refractivity contribution in [1.29, 1.82) is 0 Å². The van der Waals surface area contributed by atoms with Crippen LogP contribution in [0.3, 0.4) is 0 Å². The molecule has 0 bridgehead atoms. The summed E-state index contributed by atoms with van der Waals surface area (Å²) in [5.74, 6) is -0.145. The molecule has 0 radical (unpaired) electrons. The first-order valence-corrected chi connectivity index (χ1v) is 3.95. The third kappa shape index (κ3) is 4.71. The van der Waals surface area contributed by atoms with Crippen LogP contribution in [0.25, 0.3) is 0 Å². The lowest BCUT2D eigenvalue weighted by Gasteiger charge is -2.14. The van der Waals surface area contributed by atoms with Gasteiger partial charge in [-0.1, -0.05) is 6.92 Å². The lowest BCUT2D eigenvalue weighted by molar-refractivity contribution is -0.120. The van der Waals surface area contributed by atoms with Crippen molar-refractivity contribution in [1.82, 2.24) is 4.90 Å². The van der Waals surface area contributed by atoms with Crippen molar-refractivity contribution in [3.05, 3.63) is 0 Å². The van der Waals surface area contributed by atoms with Crippen LogP contribution in [0.1, 0.15) is 20.3 Å². The van der Waals surface area contributed by atoms with Gasteiger partial charge in [-0.15, -0.1) is 0 Å². The minimum atomic E-state index is -0.438. The van der Waals surface area contributed by atoms with Gasteiger partial charge < -0.3 is 9.64 Å². The molecule has 0 saturated carbocycles. The lowest BCUT2D eigenvalue weighted by atomic mass is 10.4. The summed E-state index contributed by atoms with van der Waals surface area (Å²) < 4.78 is 4.66. The smallest absolute Gasteiger partial charge is 0.409 e. The Morgan fingerprint density at radius 3 is 2.42 bits per heavy atom. The first-order chi connectivity index (χ1) is 5.57. The molecular formula is C8H15NO3. The number of rotatable bonds is 4. The van der Waals surface area contributed by atoms with Crippen LogP contribution in [-0.4, -0.2) is 37.0 Å². The second-order valence-corrected chi connectivity index (χ2v) is 2.68. The van der Waals surface area contributed by atoms with Gasteiger partial charge in [0, 0.05) is 13.6 Å². The predicted molar refractivity (Wildman–Crippen MR) is 45.0 cm³/mol. The molecule has 0 atom stereocenters. The van der Waals surface area contributed by atoms with E-state index in [-0.39, 0.29) is 12.4 Å². The van der Waals surface area contributed by atoms with Crippen molar-refractivity contribution >= 4 is 11.9 Å². The largest absolute Gasteiger partial charge is 0.441 e. The Balaban J connectivity index is 3.64. The Bertz CT molecular complexity index is 168. The molecule has 1 amide bonds. The number of carbonyl (C=O) groups excluding carboxylic acids is 2. The SMILES string of the molecule is CCCN(C)C(=O)OCC(C)=O. The van der Waals surface area contributed by atoms with E-state index in [1.807, 2.05) is 6.92 Å². The standard InChI is InChI=1S/C8H15NO3/c1-4-5-9(3)8(11)12-6-7(2)10/h4-6H2,1-3H3. The average molecular weight is 173 g/mol. The molecule has 0 aromatic carbocycles. The summed E-state index contributed by atoms with van der Waals surface area (Å²) >= 11 is 0. The van der Waals surface area contributed by atoms with E-state index in [1.54, 1.807) is 7.05 Å². The molecule has 4 heteroatoms. The van der Waals surface area contributed by atoms with Crippen LogP contribution < -0.4 is 0 Å². The van der Waals surface area contributed by atoms with Crippen LogP contribution in [0, 0.1) is 0 Å². The van der Waals surface area contributed by atoms with Gasteiger partial charge in [0.25, 0.3) is 0 Å². The summed E-state index contributed by atoms with van der Waals surface area (Å²) in [6, 6.07) is 0. The van der Waals surface area contributed by atoms with Crippen molar-refractivity contribution in [2.75, 3.05) is 20.2 Å². The molecule has 0 aliphatic rings. The topological polar surface area (TPSA) is 46.6 Å². The molecule has 0 N–H and O–H groups in total. The number of ether oxygens (including phenoxy) is 1. The van der Waals surface area contributed by atoms with Crippen LogP contribution in [-0.2, 0) is 9.53 Å². The minimum absolute atomic E-state index is 0.132. The maximum atomic E-state index is 11.0. The molecule has 0 aliphatic heterocycles. The fourth-order valence-electron chi connectivity index (χ4n) is 0.700. The molecule has 0 heterocycles. The number of ketones is 1. The Labute approximate surface area is 72.5 Å². The Hall–Kier alpha value is -1.06. The quantitative estimate of drug-likeness (QED) is 0.638. The van der Waals surface area contributed by atoms with Gasteiger partial charge in [0.15, 0.2) is 12.4 Å². The maximum Gasteiger partial charge on any atom is 0.409 e. The molecule has 0 spiro atoms. The number of Topliss-reactive ketones (excluding diaryl/α,β-unsaturated/α-hetero) is 1. The maximum absolute atomic E-state index is 11.0. The number of hydrogen-bond donors (Lipinski definition) is 0. The Morgan fingerprint density at radius 1 is 1.42 bits per heavy atom. The fraction of sp³-hybridized carbons (Fsp3) is 0.750. The summed E-state index contributed by atoms with van der Waals surface area (Å²) in [5, 5.41) is 0. The first kappa shape index (κ1) is 10.9. The minimum Gasteiger partial charge on any atom is -0.441 e. The second kappa shape index (κ2) is 5.57. The van der Waals surface area contributed by atoms with Crippen LogP contribution in [0.5, 0.6) is 0 Å². The highest BCUT2D eigenvalue weighted by Gasteiger charge is 2.08. The second-order valence-electron chi connectivity index (χ2n) is 2.68. The van der Waals surface area contributed by atoms with Gasteiger partial charge in [-0.3, -0.25) is 4.79 Å². The molecule has 0 aromatic rings. The van der Waals surface area contributed by atoms with E-state index < -0.39 is 6.09 Å². The zero-order valence-electron chi connectivity index (χ0n) is 7.79. The molecule has 70 valence electrons. The number of hydrogen-bond acceptors (Lipinski definition) is 3. The van der Waals surface area contributed by atoms with Crippen molar-refractivity contribution in [3.8, 4) is 0 Å². The molecule has 0 saturated heterocycles. The van der Waals surface area contributed by atoms with Crippen molar-refractivity contribution in [2.45, 2.75) is 20.3 Å². The molecule has 0 aliphatic carbocycles. The summed E-state index contributed by atoms with van der Waals surface area (Å²) in [4.78, 5) is 22.9. The van der Waals surface area contributed by atoms with Gasteiger partial charge in [-0.05, 0) is 13.3 Å². The predicted octanol–water partition coefficient (Wildman–Crippen LogP) is 1.05. The van der Waals surface area contributed by atoms with Crippen LogP contribution in [0.2, 0.25) is 0 Å². The normalized spacial score (nSPS) is 9.25. The zero-order valence-corrected chi connectivity index (χ0v) is 7.79. The summed E-state index contributed by atoms with van der Waals surface area (Å²) in [6.45, 7) is 3.87. The third-order valence-electron chi connectivity index (χ3n) is 1.27. The van der Waals surface area contributed by atoms with E-state index in [9.17, 15) is 9.59 Å². The van der Waals surface area contributed by atoms with Gasteiger partial charge >= 0.3 is 6.09 Å².